The Morgan fingerprint density at radius 3 is 2.84 bits per heavy atom. The van der Waals surface area contributed by atoms with E-state index in [0.717, 1.165) is 39.4 Å². The van der Waals surface area contributed by atoms with Crippen molar-refractivity contribution in [2.45, 2.75) is 13.1 Å². The van der Waals surface area contributed by atoms with E-state index in [1.165, 1.54) is 20.5 Å². The zero-order chi connectivity index (χ0) is 13.1. The van der Waals surface area contributed by atoms with Gasteiger partial charge in [-0.05, 0) is 17.0 Å². The highest BCUT2D eigenvalue weighted by Crippen LogP contribution is 2.32. The van der Waals surface area contributed by atoms with Crippen molar-refractivity contribution >= 4 is 21.4 Å². The lowest BCUT2D eigenvalue weighted by molar-refractivity contribution is 0.0343. The maximum absolute atomic E-state index is 5.51. The second-order valence-electron chi connectivity index (χ2n) is 4.77. The Kier molecular flexibility index (Phi) is 4.10. The van der Waals surface area contributed by atoms with Gasteiger partial charge in [0.05, 0.1) is 13.2 Å². The largest absolute Gasteiger partial charge is 0.379 e. The molecule has 0 atom stereocenters. The third kappa shape index (κ3) is 2.80. The monoisotopic (exact) mass is 277 g/mol. The van der Waals surface area contributed by atoms with E-state index < -0.39 is 0 Å². The predicted molar refractivity (Wildman–Crippen MR) is 78.9 cm³/mol. The summed E-state index contributed by atoms with van der Waals surface area (Å²) in [6.07, 6.45) is 0. The molecule has 1 aliphatic heterocycles. The van der Waals surface area contributed by atoms with Crippen LogP contribution in [0.2, 0.25) is 0 Å². The Labute approximate surface area is 117 Å². The van der Waals surface area contributed by atoms with Crippen LogP contribution >= 0.6 is 11.3 Å². The van der Waals surface area contributed by atoms with E-state index in [4.69, 9.17) is 10.6 Å². The molecular formula is C14H19N3OS. The van der Waals surface area contributed by atoms with Crippen molar-refractivity contribution in [3.8, 4) is 0 Å². The Morgan fingerprint density at radius 2 is 2.05 bits per heavy atom. The molecule has 3 N–H and O–H groups in total. The Morgan fingerprint density at radius 1 is 1.26 bits per heavy atom. The molecule has 4 nitrogen and oxygen atoms in total. The minimum absolute atomic E-state index is 0.735. The van der Waals surface area contributed by atoms with Gasteiger partial charge in [-0.1, -0.05) is 18.2 Å². The summed E-state index contributed by atoms with van der Waals surface area (Å²) in [7, 11) is 0. The van der Waals surface area contributed by atoms with Gasteiger partial charge in [-0.15, -0.1) is 11.3 Å². The summed E-state index contributed by atoms with van der Waals surface area (Å²) in [5, 5.41) is 1.37. The molecule has 1 aliphatic rings. The SMILES string of the molecule is NNCc1sc2ccccc2c1CN1CCOCC1. The lowest BCUT2D eigenvalue weighted by atomic mass is 10.1. The van der Waals surface area contributed by atoms with E-state index in [2.05, 4.69) is 34.6 Å². The van der Waals surface area contributed by atoms with Crippen LogP contribution in [0.4, 0.5) is 0 Å². The number of nitrogens with one attached hydrogen (secondary N) is 1. The summed E-state index contributed by atoms with van der Waals surface area (Å²) in [5.74, 6) is 5.51. The average molecular weight is 277 g/mol. The van der Waals surface area contributed by atoms with Crippen molar-refractivity contribution in [3.05, 3.63) is 34.7 Å². The first-order valence-corrected chi connectivity index (χ1v) is 7.43. The average Bonchev–Trinajstić information content (AvgIpc) is 2.79. The molecule has 0 unspecified atom stereocenters. The third-order valence-corrected chi connectivity index (χ3v) is 4.74. The van der Waals surface area contributed by atoms with Gasteiger partial charge >= 0.3 is 0 Å². The zero-order valence-corrected chi connectivity index (χ0v) is 11.7. The van der Waals surface area contributed by atoms with Crippen molar-refractivity contribution < 1.29 is 4.74 Å². The van der Waals surface area contributed by atoms with Crippen LogP contribution in [-0.4, -0.2) is 31.2 Å². The summed E-state index contributed by atoms with van der Waals surface area (Å²) in [6, 6.07) is 8.60. The molecule has 0 saturated carbocycles. The fourth-order valence-corrected chi connectivity index (χ4v) is 3.71. The van der Waals surface area contributed by atoms with Gasteiger partial charge in [0.1, 0.15) is 0 Å². The Bertz CT molecular complexity index is 549. The van der Waals surface area contributed by atoms with Crippen LogP contribution < -0.4 is 11.3 Å². The molecule has 1 fully saturated rings. The summed E-state index contributed by atoms with van der Waals surface area (Å²) in [6.45, 7) is 5.43. The molecule has 5 heteroatoms. The number of hydrogen-bond acceptors (Lipinski definition) is 5. The lowest BCUT2D eigenvalue weighted by Crippen LogP contribution is -2.36. The van der Waals surface area contributed by atoms with Crippen LogP contribution in [0.15, 0.2) is 24.3 Å². The van der Waals surface area contributed by atoms with Gasteiger partial charge in [-0.25, -0.2) is 0 Å². The van der Waals surface area contributed by atoms with Crippen LogP contribution in [0.1, 0.15) is 10.4 Å². The molecule has 0 radical (unpaired) electrons. The molecule has 1 aromatic carbocycles. The van der Waals surface area contributed by atoms with E-state index in [-0.39, 0.29) is 0 Å². The van der Waals surface area contributed by atoms with Gasteiger partial charge in [0.15, 0.2) is 0 Å². The molecule has 19 heavy (non-hydrogen) atoms. The lowest BCUT2D eigenvalue weighted by Gasteiger charge is -2.26. The van der Waals surface area contributed by atoms with E-state index in [0.29, 0.717) is 0 Å². The number of morpholine rings is 1. The minimum Gasteiger partial charge on any atom is -0.379 e. The number of benzene rings is 1. The highest BCUT2D eigenvalue weighted by atomic mass is 32.1. The van der Waals surface area contributed by atoms with Gasteiger partial charge in [0, 0.05) is 35.8 Å². The smallest absolute Gasteiger partial charge is 0.0594 e. The highest BCUT2D eigenvalue weighted by molar-refractivity contribution is 7.19. The fraction of sp³-hybridized carbons (Fsp3) is 0.429. The normalized spacial score (nSPS) is 17.1. The summed E-state index contributed by atoms with van der Waals surface area (Å²) in [5.41, 5.74) is 4.21. The van der Waals surface area contributed by atoms with Crippen molar-refractivity contribution in [1.82, 2.24) is 10.3 Å². The highest BCUT2D eigenvalue weighted by Gasteiger charge is 2.16. The van der Waals surface area contributed by atoms with Gasteiger partial charge in [-0.2, -0.15) is 0 Å². The molecule has 0 spiro atoms. The molecule has 0 bridgehead atoms. The quantitative estimate of drug-likeness (QED) is 0.660. The zero-order valence-electron chi connectivity index (χ0n) is 10.9. The molecule has 0 amide bonds. The minimum atomic E-state index is 0.735. The van der Waals surface area contributed by atoms with E-state index in [1.54, 1.807) is 0 Å². The van der Waals surface area contributed by atoms with Crippen LogP contribution in [0, 0.1) is 0 Å². The number of fused-ring (bicyclic) bond motifs is 1. The predicted octanol–water partition coefficient (Wildman–Crippen LogP) is 1.70. The Balaban J connectivity index is 1.92. The van der Waals surface area contributed by atoms with Gasteiger partial charge in [-0.3, -0.25) is 16.2 Å². The maximum Gasteiger partial charge on any atom is 0.0594 e. The molecule has 102 valence electrons. The number of nitrogens with zero attached hydrogens (tertiary/aromatic N) is 1. The summed E-state index contributed by atoms with van der Waals surface area (Å²) < 4.78 is 6.76. The van der Waals surface area contributed by atoms with Crippen LogP contribution in [0.5, 0.6) is 0 Å². The van der Waals surface area contributed by atoms with Gasteiger partial charge in [0.2, 0.25) is 0 Å². The molecule has 2 heterocycles. The summed E-state index contributed by atoms with van der Waals surface area (Å²) >= 11 is 1.84. The Hall–Kier alpha value is -0.980. The number of nitrogens with two attached hydrogens (primary N) is 1. The number of thiophene rings is 1. The van der Waals surface area contributed by atoms with Crippen molar-refractivity contribution in [1.29, 1.82) is 0 Å². The molecule has 2 aromatic rings. The second-order valence-corrected chi connectivity index (χ2v) is 5.91. The van der Waals surface area contributed by atoms with Gasteiger partial charge < -0.3 is 4.74 Å². The third-order valence-electron chi connectivity index (χ3n) is 3.53. The van der Waals surface area contributed by atoms with E-state index in [9.17, 15) is 0 Å². The first-order valence-electron chi connectivity index (χ1n) is 6.61. The van der Waals surface area contributed by atoms with Crippen LogP contribution in [0.3, 0.4) is 0 Å². The first-order chi connectivity index (χ1) is 9.38. The number of ether oxygens (including phenoxy) is 1. The van der Waals surface area contributed by atoms with Crippen molar-refractivity contribution in [3.63, 3.8) is 0 Å². The number of hydrogen-bond donors (Lipinski definition) is 2. The second kappa shape index (κ2) is 5.98. The van der Waals surface area contributed by atoms with Crippen LogP contribution in [-0.2, 0) is 17.8 Å². The van der Waals surface area contributed by atoms with Crippen LogP contribution in [0.25, 0.3) is 10.1 Å². The molecule has 1 aromatic heterocycles. The van der Waals surface area contributed by atoms with E-state index in [1.807, 2.05) is 11.3 Å². The number of hydrazine groups is 1. The molecule has 3 rings (SSSR count). The standard InChI is InChI=1S/C14H19N3OS/c15-16-9-14-12(10-17-5-7-18-8-6-17)11-3-1-2-4-13(11)19-14/h1-4,16H,5-10,15H2. The molecular weight excluding hydrogens is 258 g/mol. The van der Waals surface area contributed by atoms with Gasteiger partial charge in [0.25, 0.3) is 0 Å². The van der Waals surface area contributed by atoms with E-state index >= 15 is 0 Å². The summed E-state index contributed by atoms with van der Waals surface area (Å²) in [4.78, 5) is 3.80. The topological polar surface area (TPSA) is 50.5 Å². The van der Waals surface area contributed by atoms with Crippen molar-refractivity contribution in [2.24, 2.45) is 5.84 Å². The number of rotatable bonds is 4. The van der Waals surface area contributed by atoms with Crippen molar-refractivity contribution in [2.75, 3.05) is 26.3 Å². The molecule has 1 saturated heterocycles. The fourth-order valence-electron chi connectivity index (χ4n) is 2.54. The molecule has 0 aliphatic carbocycles. The maximum atomic E-state index is 5.51. The first kappa shape index (κ1) is 13.0.